The molecule has 126 valence electrons. The van der Waals surface area contributed by atoms with Crippen LogP contribution < -0.4 is 14.8 Å². The van der Waals surface area contributed by atoms with Gasteiger partial charge < -0.3 is 14.8 Å². The Morgan fingerprint density at radius 2 is 1.96 bits per heavy atom. The molecule has 1 aliphatic heterocycles. The van der Waals surface area contributed by atoms with E-state index in [1.54, 1.807) is 26.4 Å². The molecule has 2 atom stereocenters. The minimum atomic E-state index is -2.47. The van der Waals surface area contributed by atoms with Gasteiger partial charge in [0.15, 0.2) is 11.5 Å². The van der Waals surface area contributed by atoms with Crippen molar-refractivity contribution in [1.82, 2.24) is 9.78 Å². The summed E-state index contributed by atoms with van der Waals surface area (Å²) in [6, 6.07) is 5.97. The van der Waals surface area contributed by atoms with E-state index in [4.69, 9.17) is 9.47 Å². The molecule has 1 aromatic carbocycles. The number of benzene rings is 1. The van der Waals surface area contributed by atoms with E-state index < -0.39 is 12.5 Å². The lowest BCUT2D eigenvalue weighted by Gasteiger charge is -2.32. The fraction of sp³-hybridized carbons (Fsp3) is 0.400. The Balaban J connectivity index is 0.00000192. The number of fused-ring (bicyclic) bond motifs is 1. The molecule has 2 unspecified atom stereocenters. The number of halogens is 3. The Bertz CT molecular complexity index is 666. The lowest BCUT2D eigenvalue weighted by atomic mass is 9.97. The van der Waals surface area contributed by atoms with Crippen LogP contribution in [0.15, 0.2) is 30.5 Å². The third-order valence-corrected chi connectivity index (χ3v) is 3.88. The molecular weight excluding hydrogens is 328 g/mol. The maximum absolute atomic E-state index is 13.3. The first kappa shape index (κ1) is 17.3. The highest BCUT2D eigenvalue weighted by Crippen LogP contribution is 2.39. The lowest BCUT2D eigenvalue weighted by Crippen LogP contribution is -2.30. The summed E-state index contributed by atoms with van der Waals surface area (Å²) in [5.41, 5.74) is 0.871. The molecule has 1 aliphatic rings. The van der Waals surface area contributed by atoms with Crippen LogP contribution in [-0.4, -0.2) is 30.4 Å². The van der Waals surface area contributed by atoms with E-state index in [1.807, 2.05) is 12.1 Å². The van der Waals surface area contributed by atoms with Crippen molar-refractivity contribution < 1.29 is 18.3 Å². The Hall–Kier alpha value is -2.02. The van der Waals surface area contributed by atoms with Crippen molar-refractivity contribution in [3.63, 3.8) is 0 Å². The molecule has 0 amide bonds. The summed E-state index contributed by atoms with van der Waals surface area (Å²) in [5.74, 6) is 1.78. The van der Waals surface area contributed by atoms with Crippen LogP contribution in [0.25, 0.3) is 0 Å². The molecule has 3 rings (SSSR count). The van der Waals surface area contributed by atoms with E-state index in [2.05, 4.69) is 10.4 Å². The van der Waals surface area contributed by atoms with Crippen LogP contribution in [0, 0.1) is 0 Å². The first-order chi connectivity index (χ1) is 10.6. The molecule has 0 bridgehead atoms. The highest BCUT2D eigenvalue weighted by Gasteiger charge is 2.33. The number of anilines is 1. The second kappa shape index (κ2) is 7.04. The van der Waals surface area contributed by atoms with Crippen LogP contribution in [0.1, 0.15) is 24.1 Å². The van der Waals surface area contributed by atoms with Crippen LogP contribution in [-0.2, 0) is 0 Å². The Labute approximate surface area is 139 Å². The van der Waals surface area contributed by atoms with Crippen LogP contribution in [0.3, 0.4) is 0 Å². The Morgan fingerprint density at radius 3 is 2.61 bits per heavy atom. The molecule has 0 radical (unpaired) electrons. The van der Waals surface area contributed by atoms with Gasteiger partial charge in [-0.1, -0.05) is 6.07 Å². The number of rotatable bonds is 4. The number of hydrogen-bond acceptors (Lipinski definition) is 4. The van der Waals surface area contributed by atoms with Crippen LogP contribution in [0.5, 0.6) is 11.5 Å². The van der Waals surface area contributed by atoms with E-state index in [0.29, 0.717) is 17.3 Å². The van der Waals surface area contributed by atoms with E-state index in [9.17, 15) is 8.78 Å². The number of ether oxygens (including phenoxy) is 2. The molecule has 0 saturated heterocycles. The van der Waals surface area contributed by atoms with Crippen molar-refractivity contribution in [2.45, 2.75) is 24.9 Å². The van der Waals surface area contributed by atoms with Gasteiger partial charge in [-0.15, -0.1) is 12.4 Å². The maximum atomic E-state index is 13.3. The maximum Gasteiger partial charge on any atom is 0.260 e. The standard InChI is InChI=1S/C15H17F2N3O2.ClH/c1-21-12-4-3-9(7-13(12)22-2)10-8-11(15(16)17)20-14(19-10)5-6-18-20;/h3-7,10-11,15,19H,8H2,1-2H3;1H. The van der Waals surface area contributed by atoms with Gasteiger partial charge in [-0.05, 0) is 24.1 Å². The summed E-state index contributed by atoms with van der Waals surface area (Å²) in [7, 11) is 3.11. The molecule has 23 heavy (non-hydrogen) atoms. The third-order valence-electron chi connectivity index (χ3n) is 3.88. The predicted molar refractivity (Wildman–Crippen MR) is 85.0 cm³/mol. The van der Waals surface area contributed by atoms with Gasteiger partial charge in [0.2, 0.25) is 0 Å². The molecule has 5 nitrogen and oxygen atoms in total. The fourth-order valence-corrected chi connectivity index (χ4v) is 2.77. The quantitative estimate of drug-likeness (QED) is 0.918. The Morgan fingerprint density at radius 1 is 1.22 bits per heavy atom. The normalized spacial score (nSPS) is 19.5. The second-order valence-corrected chi connectivity index (χ2v) is 5.11. The topological polar surface area (TPSA) is 48.3 Å². The van der Waals surface area contributed by atoms with E-state index in [1.165, 1.54) is 10.9 Å². The highest BCUT2D eigenvalue weighted by molar-refractivity contribution is 5.85. The number of alkyl halides is 2. The van der Waals surface area contributed by atoms with Crippen molar-refractivity contribution in [2.75, 3.05) is 19.5 Å². The van der Waals surface area contributed by atoms with Gasteiger partial charge in [-0.25, -0.2) is 13.5 Å². The molecule has 2 aromatic rings. The van der Waals surface area contributed by atoms with Gasteiger partial charge in [0.25, 0.3) is 6.43 Å². The molecule has 1 aromatic heterocycles. The van der Waals surface area contributed by atoms with Gasteiger partial charge in [-0.3, -0.25) is 0 Å². The van der Waals surface area contributed by atoms with Crippen LogP contribution in [0.2, 0.25) is 0 Å². The molecule has 0 saturated carbocycles. The average molecular weight is 346 g/mol. The molecule has 0 aliphatic carbocycles. The van der Waals surface area contributed by atoms with Crippen molar-refractivity contribution >= 4 is 18.2 Å². The molecule has 0 fully saturated rings. The highest BCUT2D eigenvalue weighted by atomic mass is 35.5. The monoisotopic (exact) mass is 345 g/mol. The number of hydrogen-bond donors (Lipinski definition) is 1. The zero-order valence-electron chi connectivity index (χ0n) is 12.7. The largest absolute Gasteiger partial charge is 0.493 e. The van der Waals surface area contributed by atoms with Gasteiger partial charge in [0, 0.05) is 6.07 Å². The SMILES string of the molecule is COc1ccc(C2CC(C(F)F)n3nccc3N2)cc1OC.Cl. The van der Waals surface area contributed by atoms with Gasteiger partial charge in [0.05, 0.1) is 26.5 Å². The van der Waals surface area contributed by atoms with Crippen molar-refractivity contribution in [3.8, 4) is 11.5 Å². The number of methoxy groups -OCH3 is 2. The van der Waals surface area contributed by atoms with Crippen molar-refractivity contribution in [2.24, 2.45) is 0 Å². The molecule has 2 heterocycles. The Kier molecular flexibility index (Phi) is 5.30. The van der Waals surface area contributed by atoms with Crippen LogP contribution >= 0.6 is 12.4 Å². The molecule has 1 N–H and O–H groups in total. The van der Waals surface area contributed by atoms with Crippen molar-refractivity contribution in [3.05, 3.63) is 36.0 Å². The summed E-state index contributed by atoms with van der Waals surface area (Å²) in [5, 5.41) is 7.22. The first-order valence-electron chi connectivity index (χ1n) is 6.94. The number of nitrogens with zero attached hydrogens (tertiary/aromatic N) is 2. The summed E-state index contributed by atoms with van der Waals surface area (Å²) in [6.07, 6.45) is -0.695. The summed E-state index contributed by atoms with van der Waals surface area (Å²) >= 11 is 0. The minimum absolute atomic E-state index is 0. The number of aromatic nitrogens is 2. The van der Waals surface area contributed by atoms with Crippen molar-refractivity contribution in [1.29, 1.82) is 0 Å². The smallest absolute Gasteiger partial charge is 0.260 e. The summed E-state index contributed by atoms with van der Waals surface area (Å²) in [6.45, 7) is 0. The average Bonchev–Trinajstić information content (AvgIpc) is 3.01. The third kappa shape index (κ3) is 3.19. The van der Waals surface area contributed by atoms with Gasteiger partial charge in [0.1, 0.15) is 11.9 Å². The lowest BCUT2D eigenvalue weighted by molar-refractivity contribution is 0.0658. The fourth-order valence-electron chi connectivity index (χ4n) is 2.77. The molecule has 0 spiro atoms. The van der Waals surface area contributed by atoms with Gasteiger partial charge in [-0.2, -0.15) is 5.10 Å². The molecular formula is C15H18ClF2N3O2. The van der Waals surface area contributed by atoms with Gasteiger partial charge >= 0.3 is 0 Å². The van der Waals surface area contributed by atoms with E-state index in [-0.39, 0.29) is 24.9 Å². The zero-order chi connectivity index (χ0) is 15.7. The molecule has 8 heteroatoms. The predicted octanol–water partition coefficient (Wildman–Crippen LogP) is 3.69. The minimum Gasteiger partial charge on any atom is -0.493 e. The van der Waals surface area contributed by atoms with E-state index >= 15 is 0 Å². The van der Waals surface area contributed by atoms with Crippen LogP contribution in [0.4, 0.5) is 14.6 Å². The summed E-state index contributed by atoms with van der Waals surface area (Å²) < 4.78 is 38.4. The second-order valence-electron chi connectivity index (χ2n) is 5.11. The first-order valence-corrected chi connectivity index (χ1v) is 6.94. The summed E-state index contributed by atoms with van der Waals surface area (Å²) in [4.78, 5) is 0. The number of nitrogens with one attached hydrogen (secondary N) is 1. The zero-order valence-corrected chi connectivity index (χ0v) is 13.5. The van der Waals surface area contributed by atoms with E-state index in [0.717, 1.165) is 5.56 Å².